The Morgan fingerprint density at radius 1 is 1.33 bits per heavy atom. The van der Waals surface area contributed by atoms with Gasteiger partial charge in [0.2, 0.25) is 5.95 Å². The smallest absolute Gasteiger partial charge is 0.452 e. The largest absolute Gasteiger partial charge is 0.573 e. The first-order chi connectivity index (χ1) is 12.5. The predicted octanol–water partition coefficient (Wildman–Crippen LogP) is 2.22. The van der Waals surface area contributed by atoms with Crippen LogP contribution in [0, 0.1) is 0 Å². The third-order valence-corrected chi connectivity index (χ3v) is 3.56. The Bertz CT molecular complexity index is 872. The van der Waals surface area contributed by atoms with Crippen LogP contribution in [0.5, 0.6) is 5.75 Å². The molecule has 1 heterocycles. The molecule has 0 spiro atoms. The van der Waals surface area contributed by atoms with Gasteiger partial charge in [0.1, 0.15) is 5.69 Å². The number of anilines is 2. The highest BCUT2D eigenvalue weighted by atomic mass is 35.5. The Labute approximate surface area is 154 Å². The van der Waals surface area contributed by atoms with Gasteiger partial charge < -0.3 is 9.47 Å². The minimum atomic E-state index is -5.05. The van der Waals surface area contributed by atoms with Crippen LogP contribution in [0.1, 0.15) is 10.4 Å². The summed E-state index contributed by atoms with van der Waals surface area (Å²) < 4.78 is 47.5. The molecule has 0 bridgehead atoms. The van der Waals surface area contributed by atoms with E-state index in [9.17, 15) is 22.8 Å². The lowest BCUT2D eigenvalue weighted by molar-refractivity contribution is -0.274. The summed E-state index contributed by atoms with van der Waals surface area (Å²) in [6, 6.07) is 1.84. The predicted molar refractivity (Wildman–Crippen MR) is 85.7 cm³/mol. The van der Waals surface area contributed by atoms with Gasteiger partial charge in [0.25, 0.3) is 5.91 Å². The first kappa shape index (κ1) is 20.2. The number of carbonyl (C=O) groups is 2. The number of hydrogen-bond donors (Lipinski definition) is 1. The van der Waals surface area contributed by atoms with Crippen LogP contribution in [-0.2, 0) is 11.8 Å². The summed E-state index contributed by atoms with van der Waals surface area (Å²) in [4.78, 5) is 24.8. The summed E-state index contributed by atoms with van der Waals surface area (Å²) in [5.41, 5.74) is -0.760. The second-order valence-electron chi connectivity index (χ2n) is 4.93. The topological polar surface area (TPSA) is 111 Å². The molecule has 0 radical (unpaired) electrons. The molecule has 0 aliphatic rings. The normalized spacial score (nSPS) is 11.1. The number of alkyl halides is 3. The number of carbonyl (C=O) groups excluding carboxylic acids is 2. The first-order valence-corrected chi connectivity index (χ1v) is 7.36. The van der Waals surface area contributed by atoms with Gasteiger partial charge in [-0.15, -0.1) is 13.2 Å². The Balaban J connectivity index is 2.49. The molecule has 0 unspecified atom stereocenters. The van der Waals surface area contributed by atoms with Crippen LogP contribution in [0.25, 0.3) is 0 Å². The molecule has 14 heteroatoms. The minimum Gasteiger partial charge on any atom is -0.452 e. The van der Waals surface area contributed by atoms with Crippen molar-refractivity contribution in [3.63, 3.8) is 0 Å². The number of ether oxygens (including phenoxy) is 2. The van der Waals surface area contributed by atoms with Gasteiger partial charge >= 0.3 is 12.5 Å². The average Bonchev–Trinajstić information content (AvgIpc) is 2.97. The molecule has 0 fully saturated rings. The number of rotatable bonds is 4. The van der Waals surface area contributed by atoms with Crippen LogP contribution < -0.4 is 15.0 Å². The molecule has 2 rings (SSSR count). The van der Waals surface area contributed by atoms with Crippen molar-refractivity contribution in [2.24, 2.45) is 7.05 Å². The van der Waals surface area contributed by atoms with E-state index in [1.807, 2.05) is 0 Å². The van der Waals surface area contributed by atoms with E-state index in [2.05, 4.69) is 30.3 Å². The lowest BCUT2D eigenvalue weighted by atomic mass is 10.1. The van der Waals surface area contributed by atoms with Crippen LogP contribution in [0.15, 0.2) is 12.1 Å². The van der Waals surface area contributed by atoms with Gasteiger partial charge in [0, 0.05) is 14.1 Å². The number of methoxy groups -OCH3 is 1. The van der Waals surface area contributed by atoms with Crippen molar-refractivity contribution in [3.8, 4) is 5.75 Å². The van der Waals surface area contributed by atoms with E-state index in [0.29, 0.717) is 4.90 Å². The highest BCUT2D eigenvalue weighted by Crippen LogP contribution is 2.40. The monoisotopic (exact) mass is 408 g/mol. The lowest BCUT2D eigenvalue weighted by Gasteiger charge is -2.22. The number of aromatic nitrogens is 4. The van der Waals surface area contributed by atoms with E-state index in [0.717, 1.165) is 31.0 Å². The highest BCUT2D eigenvalue weighted by molar-refractivity contribution is 6.37. The van der Waals surface area contributed by atoms with Gasteiger partial charge in [-0.1, -0.05) is 16.7 Å². The lowest BCUT2D eigenvalue weighted by Crippen LogP contribution is -2.29. The Morgan fingerprint density at radius 3 is 2.52 bits per heavy atom. The third kappa shape index (κ3) is 4.55. The van der Waals surface area contributed by atoms with Crippen molar-refractivity contribution >= 4 is 35.2 Å². The number of halogens is 4. The summed E-state index contributed by atoms with van der Waals surface area (Å²) in [5, 5.41) is 12.2. The Hall–Kier alpha value is -3.09. The van der Waals surface area contributed by atoms with Crippen LogP contribution in [0.4, 0.5) is 29.6 Å². The Morgan fingerprint density at radius 2 is 2.00 bits per heavy atom. The van der Waals surface area contributed by atoms with Crippen LogP contribution in [-0.4, -0.2) is 52.7 Å². The van der Waals surface area contributed by atoms with E-state index >= 15 is 0 Å². The zero-order chi connectivity index (χ0) is 20.4. The van der Waals surface area contributed by atoms with E-state index in [1.165, 1.54) is 7.05 Å². The van der Waals surface area contributed by atoms with Gasteiger partial charge in [-0.3, -0.25) is 15.0 Å². The molecule has 1 N–H and O–H groups in total. The summed E-state index contributed by atoms with van der Waals surface area (Å²) in [7, 11) is 3.58. The van der Waals surface area contributed by atoms with Crippen LogP contribution >= 0.6 is 11.6 Å². The van der Waals surface area contributed by atoms with Gasteiger partial charge in [-0.05, 0) is 22.6 Å². The summed E-state index contributed by atoms with van der Waals surface area (Å²) >= 11 is 6.10. The zero-order valence-corrected chi connectivity index (χ0v) is 14.8. The van der Waals surface area contributed by atoms with Gasteiger partial charge in [0.15, 0.2) is 5.75 Å². The number of tetrazole rings is 1. The number of benzene rings is 1. The van der Waals surface area contributed by atoms with Crippen molar-refractivity contribution in [1.29, 1.82) is 0 Å². The molecule has 2 aromatic rings. The van der Waals surface area contributed by atoms with Crippen LogP contribution in [0.2, 0.25) is 5.02 Å². The van der Waals surface area contributed by atoms with Gasteiger partial charge in [-0.2, -0.15) is 0 Å². The maximum Gasteiger partial charge on any atom is 0.573 e. The second-order valence-corrected chi connectivity index (χ2v) is 5.31. The molecule has 0 aliphatic heterocycles. The first-order valence-electron chi connectivity index (χ1n) is 6.98. The zero-order valence-electron chi connectivity index (χ0n) is 14.0. The van der Waals surface area contributed by atoms with Crippen molar-refractivity contribution in [3.05, 3.63) is 22.7 Å². The molecule has 2 amide bonds. The number of aryl methyl sites for hydroxylation is 1. The molecule has 1 aromatic heterocycles. The summed E-state index contributed by atoms with van der Waals surface area (Å²) in [5.74, 6) is -1.65. The molecule has 1 aromatic carbocycles. The summed E-state index contributed by atoms with van der Waals surface area (Å²) in [6.07, 6.45) is -6.08. The maximum atomic E-state index is 12.7. The molecule has 10 nitrogen and oxygen atoms in total. The number of hydrogen-bond acceptors (Lipinski definition) is 7. The highest BCUT2D eigenvalue weighted by Gasteiger charge is 2.35. The molecule has 0 atom stereocenters. The van der Waals surface area contributed by atoms with Gasteiger partial charge in [-0.25, -0.2) is 9.48 Å². The minimum absolute atomic E-state index is 0.0328. The fourth-order valence-corrected chi connectivity index (χ4v) is 2.34. The maximum absolute atomic E-state index is 12.7. The molecule has 0 saturated carbocycles. The SMILES string of the molecule is COC(=O)N(C)c1c(OC(F)(F)F)ccc(C(=O)Nc2nnnn2C)c1Cl. The van der Waals surface area contributed by atoms with Crippen molar-refractivity contribution in [2.45, 2.75) is 6.36 Å². The molecular formula is C13H12ClF3N6O4. The van der Waals surface area contributed by atoms with E-state index < -0.39 is 34.8 Å². The van der Waals surface area contributed by atoms with Crippen molar-refractivity contribution in [1.82, 2.24) is 20.2 Å². The molecule has 27 heavy (non-hydrogen) atoms. The standard InChI is InChI=1S/C13H12ClF3N6O4/c1-22(12(25)26-3)9-7(27-13(15,16)17)5-4-6(8(9)14)10(24)18-11-19-20-21-23(11)2/h4-5H,1-3H3,(H,18,19,21,24). The quantitative estimate of drug-likeness (QED) is 0.825. The summed E-state index contributed by atoms with van der Waals surface area (Å²) in [6.45, 7) is 0. The second kappa shape index (κ2) is 7.65. The van der Waals surface area contributed by atoms with Crippen molar-refractivity contribution in [2.75, 3.05) is 24.4 Å². The van der Waals surface area contributed by atoms with Crippen LogP contribution in [0.3, 0.4) is 0 Å². The number of nitrogens with one attached hydrogen (secondary N) is 1. The molecule has 146 valence electrons. The third-order valence-electron chi connectivity index (χ3n) is 3.18. The molecule has 0 aliphatic carbocycles. The van der Waals surface area contributed by atoms with E-state index in [-0.39, 0.29) is 11.5 Å². The Kier molecular flexibility index (Phi) is 5.73. The fraction of sp³-hybridized carbons (Fsp3) is 0.308. The molecular weight excluding hydrogens is 397 g/mol. The van der Waals surface area contributed by atoms with E-state index in [4.69, 9.17) is 11.6 Å². The number of nitrogens with zero attached hydrogens (tertiary/aromatic N) is 5. The average molecular weight is 409 g/mol. The molecule has 0 saturated heterocycles. The number of amides is 2. The van der Waals surface area contributed by atoms with Crippen molar-refractivity contribution < 1.29 is 32.2 Å². The van der Waals surface area contributed by atoms with E-state index in [1.54, 1.807) is 0 Å². The van der Waals surface area contributed by atoms with Gasteiger partial charge in [0.05, 0.1) is 17.7 Å². The fourth-order valence-electron chi connectivity index (χ4n) is 1.97.